The fourth-order valence-electron chi connectivity index (χ4n) is 5.17. The second kappa shape index (κ2) is 11.0. The number of aryl methyl sites for hydroxylation is 1. The molecule has 0 aliphatic heterocycles. The summed E-state index contributed by atoms with van der Waals surface area (Å²) in [6.45, 7) is 5.58. The van der Waals surface area contributed by atoms with Crippen molar-refractivity contribution in [3.8, 4) is 33.6 Å². The Labute approximate surface area is 254 Å². The number of carbonyl (C=O) groups excluding carboxylic acids is 1. The Morgan fingerprint density at radius 2 is 1.73 bits per heavy atom. The highest BCUT2D eigenvalue weighted by atomic mass is 32.2. The second-order valence-electron chi connectivity index (χ2n) is 12.2. The van der Waals surface area contributed by atoms with Gasteiger partial charge in [0.2, 0.25) is 5.91 Å². The second-order valence-corrected chi connectivity index (χ2v) is 14.4. The molecule has 0 aliphatic rings. The average molecular weight is 610 g/mol. The number of anilines is 1. The zero-order valence-electron chi connectivity index (χ0n) is 24.8. The van der Waals surface area contributed by atoms with Crippen LogP contribution in [-0.2, 0) is 21.1 Å². The molecule has 0 aliphatic carbocycles. The van der Waals surface area contributed by atoms with E-state index < -0.39 is 21.1 Å². The van der Waals surface area contributed by atoms with Gasteiger partial charge in [0.15, 0.2) is 0 Å². The maximum absolute atomic E-state index is 14.7. The van der Waals surface area contributed by atoms with Gasteiger partial charge in [0, 0.05) is 39.7 Å². The number of nitrogens with one attached hydrogen (secondary N) is 3. The van der Waals surface area contributed by atoms with E-state index in [0.29, 0.717) is 16.8 Å². The highest BCUT2D eigenvalue weighted by Crippen LogP contribution is 2.36. The van der Waals surface area contributed by atoms with Crippen molar-refractivity contribution >= 4 is 43.2 Å². The molecule has 0 saturated heterocycles. The van der Waals surface area contributed by atoms with E-state index in [1.54, 1.807) is 12.4 Å². The summed E-state index contributed by atoms with van der Waals surface area (Å²) < 4.78 is 38.0. The van der Waals surface area contributed by atoms with Crippen molar-refractivity contribution in [2.75, 3.05) is 17.3 Å². The summed E-state index contributed by atoms with van der Waals surface area (Å²) in [5, 5.41) is 12.4. The number of rotatable bonds is 7. The van der Waals surface area contributed by atoms with Crippen molar-refractivity contribution in [2.45, 2.75) is 27.2 Å². The van der Waals surface area contributed by atoms with Gasteiger partial charge < -0.3 is 10.3 Å². The molecule has 3 aromatic carbocycles. The SMILES string of the molecule is CC(C)(C)C(=O)Nc1cncc(-c2ccc3[nH]nc(-c4cc5c(-c6cc(F)cc(CCS(C)(=O)=O)c6)cccc5[nH]4)c3c2)c1. The molecule has 0 bridgehead atoms. The van der Waals surface area contributed by atoms with Crippen LogP contribution in [0.5, 0.6) is 0 Å². The first-order valence-electron chi connectivity index (χ1n) is 14.2. The minimum Gasteiger partial charge on any atom is -0.353 e. The third-order valence-corrected chi connectivity index (χ3v) is 8.47. The van der Waals surface area contributed by atoms with Crippen LogP contribution in [0.3, 0.4) is 0 Å². The average Bonchev–Trinajstić information content (AvgIpc) is 3.59. The summed E-state index contributed by atoms with van der Waals surface area (Å²) in [6.07, 6.45) is 4.80. The Morgan fingerprint density at radius 3 is 2.50 bits per heavy atom. The molecule has 3 N–H and O–H groups in total. The Morgan fingerprint density at radius 1 is 0.909 bits per heavy atom. The zero-order valence-corrected chi connectivity index (χ0v) is 25.6. The summed E-state index contributed by atoms with van der Waals surface area (Å²) in [6, 6.07) is 20.3. The summed E-state index contributed by atoms with van der Waals surface area (Å²) in [7, 11) is -3.18. The van der Waals surface area contributed by atoms with Crippen molar-refractivity contribution in [3.63, 3.8) is 0 Å². The van der Waals surface area contributed by atoms with Gasteiger partial charge in [-0.05, 0) is 71.1 Å². The monoisotopic (exact) mass is 609 g/mol. The van der Waals surface area contributed by atoms with Crippen molar-refractivity contribution in [3.05, 3.63) is 90.5 Å². The molecule has 1 amide bonds. The van der Waals surface area contributed by atoms with Crippen molar-refractivity contribution in [1.82, 2.24) is 20.2 Å². The lowest BCUT2D eigenvalue weighted by Gasteiger charge is -2.17. The number of fused-ring (bicyclic) bond motifs is 2. The summed E-state index contributed by atoms with van der Waals surface area (Å²) in [5.41, 5.74) is 7.20. The van der Waals surface area contributed by atoms with E-state index in [2.05, 4.69) is 25.5 Å². The molecule has 8 nitrogen and oxygen atoms in total. The summed E-state index contributed by atoms with van der Waals surface area (Å²) in [4.78, 5) is 20.3. The summed E-state index contributed by atoms with van der Waals surface area (Å²) >= 11 is 0. The standard InChI is InChI=1S/C34H32FN5O3S/c1-34(2,3)33(41)37-25-15-23(18-36-19-25)21-8-9-30-28(16-21)32(40-39-30)31-17-27-26(6-5-7-29(27)38-31)22-12-20(13-24(35)14-22)10-11-44(4,42)43/h5-9,12-19,38H,10-11H2,1-4H3,(H,37,41)(H,39,40). The maximum atomic E-state index is 14.7. The molecule has 3 aromatic heterocycles. The fraction of sp³-hybridized carbons (Fsp3) is 0.206. The molecule has 6 aromatic rings. The normalized spacial score (nSPS) is 12.2. The van der Waals surface area contributed by atoms with Crippen LogP contribution in [-0.4, -0.2) is 46.5 Å². The number of nitrogens with zero attached hydrogens (tertiary/aromatic N) is 2. The predicted molar refractivity (Wildman–Crippen MR) is 174 cm³/mol. The van der Waals surface area contributed by atoms with Crippen LogP contribution >= 0.6 is 0 Å². The number of amides is 1. The molecular weight excluding hydrogens is 577 g/mol. The first kappa shape index (κ1) is 29.3. The Bertz CT molecular complexity index is 2160. The number of H-pyrrole nitrogens is 2. The predicted octanol–water partition coefficient (Wildman–Crippen LogP) is 7.15. The largest absolute Gasteiger partial charge is 0.353 e. The third-order valence-electron chi connectivity index (χ3n) is 7.52. The highest BCUT2D eigenvalue weighted by Gasteiger charge is 2.21. The number of benzene rings is 3. The maximum Gasteiger partial charge on any atom is 0.229 e. The van der Waals surface area contributed by atoms with Gasteiger partial charge in [0.25, 0.3) is 0 Å². The van der Waals surface area contributed by atoms with Crippen LogP contribution in [0.15, 0.2) is 79.1 Å². The van der Waals surface area contributed by atoms with Gasteiger partial charge in [-0.2, -0.15) is 5.10 Å². The number of aromatic amines is 2. The van der Waals surface area contributed by atoms with Crippen LogP contribution < -0.4 is 5.32 Å². The molecule has 0 fully saturated rings. The van der Waals surface area contributed by atoms with Crippen LogP contribution in [0.25, 0.3) is 55.4 Å². The lowest BCUT2D eigenvalue weighted by Crippen LogP contribution is -2.27. The lowest BCUT2D eigenvalue weighted by atomic mass is 9.95. The van der Waals surface area contributed by atoms with E-state index in [0.717, 1.165) is 49.9 Å². The molecule has 224 valence electrons. The molecule has 0 saturated carbocycles. The molecule has 0 radical (unpaired) electrons. The Kier molecular flexibility index (Phi) is 7.33. The number of halogens is 1. The van der Waals surface area contributed by atoms with Gasteiger partial charge in [-0.1, -0.05) is 45.0 Å². The number of aromatic nitrogens is 4. The highest BCUT2D eigenvalue weighted by molar-refractivity contribution is 7.90. The first-order chi connectivity index (χ1) is 20.8. The lowest BCUT2D eigenvalue weighted by molar-refractivity contribution is -0.123. The van der Waals surface area contributed by atoms with Gasteiger partial charge in [0.1, 0.15) is 21.3 Å². The van der Waals surface area contributed by atoms with E-state index in [-0.39, 0.29) is 18.1 Å². The van der Waals surface area contributed by atoms with Crippen molar-refractivity contribution in [2.24, 2.45) is 5.41 Å². The van der Waals surface area contributed by atoms with Crippen LogP contribution in [0.2, 0.25) is 0 Å². The van der Waals surface area contributed by atoms with E-state index in [1.807, 2.05) is 75.4 Å². The third kappa shape index (κ3) is 6.12. The Balaban J connectivity index is 1.37. The van der Waals surface area contributed by atoms with Gasteiger partial charge in [-0.25, -0.2) is 12.8 Å². The van der Waals surface area contributed by atoms with Gasteiger partial charge in [0.05, 0.1) is 28.8 Å². The smallest absolute Gasteiger partial charge is 0.229 e. The van der Waals surface area contributed by atoms with E-state index in [1.165, 1.54) is 18.4 Å². The van der Waals surface area contributed by atoms with Gasteiger partial charge in [-0.15, -0.1) is 0 Å². The Hall–Kier alpha value is -4.83. The molecule has 10 heteroatoms. The minimum absolute atomic E-state index is 0.0471. The fourth-order valence-corrected chi connectivity index (χ4v) is 5.78. The number of pyridine rings is 1. The molecule has 0 spiro atoms. The van der Waals surface area contributed by atoms with Crippen LogP contribution in [0.1, 0.15) is 26.3 Å². The molecular formula is C34H32FN5O3S. The molecule has 6 rings (SSSR count). The number of hydrogen-bond donors (Lipinski definition) is 3. The zero-order chi connectivity index (χ0) is 31.2. The number of sulfone groups is 1. The van der Waals surface area contributed by atoms with E-state index in [9.17, 15) is 17.6 Å². The van der Waals surface area contributed by atoms with Crippen molar-refractivity contribution in [1.29, 1.82) is 0 Å². The van der Waals surface area contributed by atoms with Crippen molar-refractivity contribution < 1.29 is 17.6 Å². The number of carbonyl (C=O) groups is 1. The van der Waals surface area contributed by atoms with Gasteiger partial charge >= 0.3 is 0 Å². The molecule has 3 heterocycles. The first-order valence-corrected chi connectivity index (χ1v) is 16.2. The van der Waals surface area contributed by atoms with E-state index >= 15 is 0 Å². The molecule has 0 atom stereocenters. The molecule has 44 heavy (non-hydrogen) atoms. The molecule has 0 unspecified atom stereocenters. The van der Waals surface area contributed by atoms with Crippen LogP contribution in [0, 0.1) is 11.2 Å². The quantitative estimate of drug-likeness (QED) is 0.178. The number of hydrogen-bond acceptors (Lipinski definition) is 5. The van der Waals surface area contributed by atoms with Crippen LogP contribution in [0.4, 0.5) is 10.1 Å². The topological polar surface area (TPSA) is 121 Å². The summed E-state index contributed by atoms with van der Waals surface area (Å²) in [5.74, 6) is -0.555. The minimum atomic E-state index is -3.18. The van der Waals surface area contributed by atoms with Gasteiger partial charge in [-0.3, -0.25) is 14.9 Å². The van der Waals surface area contributed by atoms with E-state index in [4.69, 9.17) is 0 Å².